The first-order chi connectivity index (χ1) is 13.6. The molecule has 4 heterocycles. The molecule has 0 bridgehead atoms. The molecule has 0 radical (unpaired) electrons. The summed E-state index contributed by atoms with van der Waals surface area (Å²) < 4.78 is 10.1. The maximum atomic E-state index is 12.4. The first-order valence-corrected chi connectivity index (χ1v) is 8.75. The molecule has 10 heteroatoms. The Morgan fingerprint density at radius 1 is 1.18 bits per heavy atom. The molecule has 3 aromatic heterocycles. The van der Waals surface area contributed by atoms with Crippen molar-refractivity contribution < 1.29 is 18.5 Å². The Kier molecular flexibility index (Phi) is 4.75. The van der Waals surface area contributed by atoms with E-state index in [2.05, 4.69) is 20.4 Å². The number of piperazine rings is 1. The highest BCUT2D eigenvalue weighted by molar-refractivity contribution is 6.02. The van der Waals surface area contributed by atoms with Crippen molar-refractivity contribution in [1.82, 2.24) is 20.0 Å². The fourth-order valence-electron chi connectivity index (χ4n) is 2.90. The molecular formula is C18H18N6O4. The number of aromatic nitrogens is 3. The molecule has 1 fully saturated rings. The molecular weight excluding hydrogens is 364 g/mol. The molecule has 0 unspecified atom stereocenters. The third kappa shape index (κ3) is 3.70. The van der Waals surface area contributed by atoms with Crippen LogP contribution in [0, 0.1) is 6.92 Å². The van der Waals surface area contributed by atoms with Gasteiger partial charge >= 0.3 is 0 Å². The van der Waals surface area contributed by atoms with E-state index in [-0.39, 0.29) is 11.6 Å². The van der Waals surface area contributed by atoms with E-state index in [0.717, 1.165) is 0 Å². The van der Waals surface area contributed by atoms with Gasteiger partial charge in [-0.25, -0.2) is 9.97 Å². The van der Waals surface area contributed by atoms with Crippen LogP contribution in [0.4, 0.5) is 11.8 Å². The number of hydrogen-bond acceptors (Lipinski definition) is 8. The van der Waals surface area contributed by atoms with E-state index < -0.39 is 5.91 Å². The summed E-state index contributed by atoms with van der Waals surface area (Å²) in [4.78, 5) is 37.0. The molecule has 4 rings (SSSR count). The summed E-state index contributed by atoms with van der Waals surface area (Å²) in [6, 6.07) is 6.49. The lowest BCUT2D eigenvalue weighted by molar-refractivity contribution is 0.0714. The molecule has 0 aromatic carbocycles. The van der Waals surface area contributed by atoms with Crippen molar-refractivity contribution in [2.45, 2.75) is 6.92 Å². The lowest BCUT2D eigenvalue weighted by atomic mass is 10.3. The lowest BCUT2D eigenvalue weighted by Gasteiger charge is -2.34. The fraction of sp³-hybridized carbons (Fsp3) is 0.278. The van der Waals surface area contributed by atoms with Crippen LogP contribution in [0.3, 0.4) is 0 Å². The molecule has 10 nitrogen and oxygen atoms in total. The van der Waals surface area contributed by atoms with E-state index in [4.69, 9.17) is 8.94 Å². The summed E-state index contributed by atoms with van der Waals surface area (Å²) in [6.07, 6.45) is 3.01. The molecule has 0 spiro atoms. The van der Waals surface area contributed by atoms with Crippen LogP contribution in [0.15, 0.2) is 45.7 Å². The third-order valence-corrected chi connectivity index (χ3v) is 4.33. The maximum Gasteiger partial charge on any atom is 0.289 e. The summed E-state index contributed by atoms with van der Waals surface area (Å²) in [5.41, 5.74) is 0.222. The molecule has 0 aliphatic carbocycles. The molecule has 1 saturated heterocycles. The predicted octanol–water partition coefficient (Wildman–Crippen LogP) is 1.58. The van der Waals surface area contributed by atoms with Crippen molar-refractivity contribution >= 4 is 23.6 Å². The molecule has 2 amide bonds. The molecule has 1 aliphatic rings. The van der Waals surface area contributed by atoms with Gasteiger partial charge < -0.3 is 24.1 Å². The van der Waals surface area contributed by atoms with Crippen LogP contribution in [0.1, 0.15) is 26.8 Å². The van der Waals surface area contributed by atoms with Crippen LogP contribution in [0.25, 0.3) is 0 Å². The SMILES string of the molecule is Cc1cc(NC(=O)c2ccnc(N3CCN(C(=O)c4ccco4)CC3)n2)no1. The highest BCUT2D eigenvalue weighted by Gasteiger charge is 2.25. The van der Waals surface area contributed by atoms with Gasteiger partial charge in [0.15, 0.2) is 11.6 Å². The van der Waals surface area contributed by atoms with E-state index in [9.17, 15) is 9.59 Å². The second-order valence-electron chi connectivity index (χ2n) is 6.28. The van der Waals surface area contributed by atoms with Crippen molar-refractivity contribution in [3.05, 3.63) is 53.9 Å². The van der Waals surface area contributed by atoms with Crippen LogP contribution >= 0.6 is 0 Å². The van der Waals surface area contributed by atoms with Gasteiger partial charge in [-0.1, -0.05) is 5.16 Å². The molecule has 144 valence electrons. The highest BCUT2D eigenvalue weighted by Crippen LogP contribution is 2.15. The van der Waals surface area contributed by atoms with Crippen molar-refractivity contribution in [3.63, 3.8) is 0 Å². The average molecular weight is 382 g/mol. The molecule has 3 aromatic rings. The first kappa shape index (κ1) is 17.7. The summed E-state index contributed by atoms with van der Waals surface area (Å²) >= 11 is 0. The van der Waals surface area contributed by atoms with Gasteiger partial charge in [0, 0.05) is 38.4 Å². The normalized spacial score (nSPS) is 14.2. The van der Waals surface area contributed by atoms with Crippen LogP contribution in [0.2, 0.25) is 0 Å². The number of nitrogens with one attached hydrogen (secondary N) is 1. The van der Waals surface area contributed by atoms with Crippen LogP contribution < -0.4 is 10.2 Å². The van der Waals surface area contributed by atoms with Gasteiger partial charge in [0.1, 0.15) is 11.5 Å². The Labute approximate surface area is 160 Å². The minimum atomic E-state index is -0.399. The van der Waals surface area contributed by atoms with Crippen molar-refractivity contribution in [2.24, 2.45) is 0 Å². The quantitative estimate of drug-likeness (QED) is 0.723. The highest BCUT2D eigenvalue weighted by atomic mass is 16.5. The van der Waals surface area contributed by atoms with E-state index in [0.29, 0.717) is 49.5 Å². The second-order valence-corrected chi connectivity index (χ2v) is 6.28. The first-order valence-electron chi connectivity index (χ1n) is 8.75. The standard InChI is InChI=1S/C18H18N6O4/c1-12-11-15(22-28-12)21-16(25)13-4-5-19-18(20-13)24-8-6-23(7-9-24)17(26)14-3-2-10-27-14/h2-5,10-11H,6-9H2,1H3,(H,21,22,25). The zero-order valence-electron chi connectivity index (χ0n) is 15.2. The Bertz CT molecular complexity index is 976. The number of furan rings is 1. The number of nitrogens with zero attached hydrogens (tertiary/aromatic N) is 5. The van der Waals surface area contributed by atoms with Gasteiger partial charge in [-0.15, -0.1) is 0 Å². The minimum Gasteiger partial charge on any atom is -0.459 e. The topological polar surface area (TPSA) is 118 Å². The Balaban J connectivity index is 1.39. The molecule has 1 N–H and O–H groups in total. The van der Waals surface area contributed by atoms with Crippen molar-refractivity contribution in [3.8, 4) is 0 Å². The van der Waals surface area contributed by atoms with Crippen molar-refractivity contribution in [1.29, 1.82) is 0 Å². The van der Waals surface area contributed by atoms with Crippen molar-refractivity contribution in [2.75, 3.05) is 36.4 Å². The number of rotatable bonds is 4. The van der Waals surface area contributed by atoms with E-state index in [1.807, 2.05) is 4.90 Å². The monoisotopic (exact) mass is 382 g/mol. The molecule has 1 aliphatic heterocycles. The summed E-state index contributed by atoms with van der Waals surface area (Å²) in [6.45, 7) is 3.87. The average Bonchev–Trinajstić information content (AvgIpc) is 3.40. The Morgan fingerprint density at radius 3 is 2.68 bits per heavy atom. The van der Waals surface area contributed by atoms with Gasteiger partial charge in [0.2, 0.25) is 5.95 Å². The third-order valence-electron chi connectivity index (χ3n) is 4.33. The summed E-state index contributed by atoms with van der Waals surface area (Å²) in [5, 5.41) is 6.36. The molecule has 0 saturated carbocycles. The van der Waals surface area contributed by atoms with E-state index in [1.165, 1.54) is 18.5 Å². The van der Waals surface area contributed by atoms with Crippen LogP contribution in [-0.4, -0.2) is 58.0 Å². The Hall–Kier alpha value is -3.69. The second kappa shape index (κ2) is 7.51. The number of hydrogen-bond donors (Lipinski definition) is 1. The largest absolute Gasteiger partial charge is 0.459 e. The van der Waals surface area contributed by atoms with E-state index >= 15 is 0 Å². The number of carbonyl (C=O) groups excluding carboxylic acids is 2. The minimum absolute atomic E-state index is 0.137. The lowest BCUT2D eigenvalue weighted by Crippen LogP contribution is -2.49. The maximum absolute atomic E-state index is 12.4. The van der Waals surface area contributed by atoms with Gasteiger partial charge in [-0.3, -0.25) is 9.59 Å². The summed E-state index contributed by atoms with van der Waals surface area (Å²) in [5.74, 6) is 1.15. The van der Waals surface area contributed by atoms with Crippen LogP contribution in [-0.2, 0) is 0 Å². The van der Waals surface area contributed by atoms with Gasteiger partial charge in [-0.05, 0) is 25.1 Å². The number of anilines is 2. The van der Waals surface area contributed by atoms with Crippen LogP contribution in [0.5, 0.6) is 0 Å². The zero-order valence-corrected chi connectivity index (χ0v) is 15.2. The predicted molar refractivity (Wildman–Crippen MR) is 98.0 cm³/mol. The smallest absolute Gasteiger partial charge is 0.289 e. The Morgan fingerprint density at radius 2 is 2.00 bits per heavy atom. The van der Waals surface area contributed by atoms with Gasteiger partial charge in [-0.2, -0.15) is 0 Å². The van der Waals surface area contributed by atoms with Gasteiger partial charge in [0.25, 0.3) is 11.8 Å². The van der Waals surface area contributed by atoms with E-state index in [1.54, 1.807) is 30.0 Å². The number of carbonyl (C=O) groups is 2. The van der Waals surface area contributed by atoms with Gasteiger partial charge in [0.05, 0.1) is 6.26 Å². The number of aryl methyl sites for hydroxylation is 1. The molecule has 0 atom stereocenters. The summed E-state index contributed by atoms with van der Waals surface area (Å²) in [7, 11) is 0. The number of amides is 2. The fourth-order valence-corrected chi connectivity index (χ4v) is 2.90. The molecule has 28 heavy (non-hydrogen) atoms. The zero-order chi connectivity index (χ0) is 19.5.